The summed E-state index contributed by atoms with van der Waals surface area (Å²) in [7, 11) is 0. The van der Waals surface area contributed by atoms with Crippen LogP contribution in [0.2, 0.25) is 0 Å². The molecule has 17 heavy (non-hydrogen) atoms. The van der Waals surface area contributed by atoms with Crippen molar-refractivity contribution >= 4 is 17.1 Å². The molecule has 1 aromatic rings. The van der Waals surface area contributed by atoms with Gasteiger partial charge in [-0.1, -0.05) is 19.3 Å². The maximum absolute atomic E-state index is 10.9. The Labute approximate surface area is 107 Å². The van der Waals surface area contributed by atoms with Crippen molar-refractivity contribution < 1.29 is 4.79 Å². The summed E-state index contributed by atoms with van der Waals surface area (Å²) in [5.74, 6) is 0.996. The van der Waals surface area contributed by atoms with Crippen molar-refractivity contribution in [1.29, 1.82) is 0 Å². The molecule has 0 unspecified atom stereocenters. The van der Waals surface area contributed by atoms with Crippen molar-refractivity contribution in [1.82, 2.24) is 4.98 Å². The largest absolute Gasteiger partial charge is 0.300 e. The van der Waals surface area contributed by atoms with Crippen LogP contribution in [0.1, 0.15) is 68.5 Å². The smallest absolute Gasteiger partial charge is 0.129 e. The van der Waals surface area contributed by atoms with E-state index in [0.29, 0.717) is 12.3 Å². The van der Waals surface area contributed by atoms with Gasteiger partial charge in [-0.25, -0.2) is 4.98 Å². The van der Waals surface area contributed by atoms with Gasteiger partial charge in [-0.15, -0.1) is 11.3 Å². The van der Waals surface area contributed by atoms with Crippen LogP contribution < -0.4 is 0 Å². The van der Waals surface area contributed by atoms with Crippen LogP contribution in [-0.2, 0) is 11.2 Å². The number of aromatic nitrogens is 1. The number of nitrogens with zero attached hydrogens (tertiary/aromatic N) is 1. The van der Waals surface area contributed by atoms with Crippen molar-refractivity contribution in [3.63, 3.8) is 0 Å². The second-order valence-corrected chi connectivity index (χ2v) is 6.00. The van der Waals surface area contributed by atoms with E-state index in [-0.39, 0.29) is 5.78 Å². The zero-order valence-electron chi connectivity index (χ0n) is 10.6. The van der Waals surface area contributed by atoms with Gasteiger partial charge in [0.25, 0.3) is 0 Å². The van der Waals surface area contributed by atoms with E-state index in [1.807, 2.05) is 0 Å². The monoisotopic (exact) mass is 251 g/mol. The van der Waals surface area contributed by atoms with E-state index >= 15 is 0 Å². The minimum atomic E-state index is 0.286. The van der Waals surface area contributed by atoms with Crippen LogP contribution in [0.5, 0.6) is 0 Å². The fourth-order valence-corrected chi connectivity index (χ4v) is 3.44. The SMILES string of the molecule is CC(=O)CCCc1nc(C2CCCCC2)cs1. The molecule has 0 amide bonds. The lowest BCUT2D eigenvalue weighted by Gasteiger charge is -2.19. The van der Waals surface area contributed by atoms with Crippen LogP contribution in [0.3, 0.4) is 0 Å². The highest BCUT2D eigenvalue weighted by molar-refractivity contribution is 7.09. The lowest BCUT2D eigenvalue weighted by atomic mass is 9.87. The molecule has 3 heteroatoms. The van der Waals surface area contributed by atoms with E-state index in [4.69, 9.17) is 4.98 Å². The fraction of sp³-hybridized carbons (Fsp3) is 0.714. The second-order valence-electron chi connectivity index (χ2n) is 5.06. The molecule has 2 rings (SSSR count). The molecule has 0 aliphatic heterocycles. The predicted octanol–water partition coefficient (Wildman–Crippen LogP) is 4.10. The number of carbonyl (C=O) groups is 1. The van der Waals surface area contributed by atoms with E-state index in [0.717, 1.165) is 12.8 Å². The molecule has 2 nitrogen and oxygen atoms in total. The maximum atomic E-state index is 10.9. The van der Waals surface area contributed by atoms with Crippen LogP contribution >= 0.6 is 11.3 Å². The molecule has 0 radical (unpaired) electrons. The van der Waals surface area contributed by atoms with Gasteiger partial charge < -0.3 is 4.79 Å². The number of hydrogen-bond donors (Lipinski definition) is 0. The zero-order chi connectivity index (χ0) is 12.1. The normalized spacial score (nSPS) is 17.2. The quantitative estimate of drug-likeness (QED) is 0.788. The topological polar surface area (TPSA) is 30.0 Å². The molecule has 1 heterocycles. The Morgan fingerprint density at radius 1 is 1.41 bits per heavy atom. The lowest BCUT2D eigenvalue weighted by molar-refractivity contribution is -0.117. The molecule has 1 fully saturated rings. The predicted molar refractivity (Wildman–Crippen MR) is 71.6 cm³/mol. The van der Waals surface area contributed by atoms with Crippen LogP contribution in [0.15, 0.2) is 5.38 Å². The number of carbonyl (C=O) groups excluding carboxylic acids is 1. The van der Waals surface area contributed by atoms with Gasteiger partial charge in [0.05, 0.1) is 10.7 Å². The van der Waals surface area contributed by atoms with Gasteiger partial charge in [-0.3, -0.25) is 0 Å². The Morgan fingerprint density at radius 2 is 2.18 bits per heavy atom. The second kappa shape index (κ2) is 6.29. The van der Waals surface area contributed by atoms with Crippen molar-refractivity contribution in [2.45, 2.75) is 64.2 Å². The standard InChI is InChI=1S/C14H21NOS/c1-11(16)6-5-9-14-15-13(10-17-14)12-7-3-2-4-8-12/h10,12H,2-9H2,1H3. The van der Waals surface area contributed by atoms with E-state index in [9.17, 15) is 4.79 Å². The average molecular weight is 251 g/mol. The van der Waals surface area contributed by atoms with Gasteiger partial charge >= 0.3 is 0 Å². The first-order valence-electron chi connectivity index (χ1n) is 6.69. The Kier molecular flexibility index (Phi) is 4.72. The van der Waals surface area contributed by atoms with Gasteiger partial charge in [-0.05, 0) is 32.6 Å². The Bertz CT molecular complexity index is 366. The van der Waals surface area contributed by atoms with Gasteiger partial charge in [-0.2, -0.15) is 0 Å². The van der Waals surface area contributed by atoms with Crippen LogP contribution in [0.25, 0.3) is 0 Å². The molecule has 0 aromatic carbocycles. The van der Waals surface area contributed by atoms with Crippen LogP contribution in [0, 0.1) is 0 Å². The molecule has 0 bridgehead atoms. The third-order valence-corrected chi connectivity index (χ3v) is 4.44. The average Bonchev–Trinajstić information content (AvgIpc) is 2.78. The summed E-state index contributed by atoms with van der Waals surface area (Å²) in [5, 5.41) is 3.45. The maximum Gasteiger partial charge on any atom is 0.129 e. The first-order chi connectivity index (χ1) is 8.25. The van der Waals surface area contributed by atoms with Gasteiger partial charge in [0, 0.05) is 17.7 Å². The molecule has 1 aliphatic rings. The molecule has 1 aromatic heterocycles. The zero-order valence-corrected chi connectivity index (χ0v) is 11.4. The van der Waals surface area contributed by atoms with Gasteiger partial charge in [0.2, 0.25) is 0 Å². The Balaban J connectivity index is 1.84. The third-order valence-electron chi connectivity index (χ3n) is 3.51. The number of rotatable bonds is 5. The van der Waals surface area contributed by atoms with Crippen LogP contribution in [0.4, 0.5) is 0 Å². The Hall–Kier alpha value is -0.700. The van der Waals surface area contributed by atoms with E-state index in [2.05, 4.69) is 5.38 Å². The molecule has 94 valence electrons. The first kappa shape index (κ1) is 12.7. The number of thiazole rings is 1. The molecule has 1 saturated carbocycles. The summed E-state index contributed by atoms with van der Waals surface area (Å²) >= 11 is 1.77. The number of aryl methyl sites for hydroxylation is 1. The number of hydrogen-bond acceptors (Lipinski definition) is 3. The molecule has 0 spiro atoms. The first-order valence-corrected chi connectivity index (χ1v) is 7.57. The highest BCUT2D eigenvalue weighted by atomic mass is 32.1. The molecule has 0 N–H and O–H groups in total. The lowest BCUT2D eigenvalue weighted by Crippen LogP contribution is -2.04. The number of Topliss-reactive ketones (excluding diaryl/α,β-unsaturated/α-hetero) is 1. The van der Waals surface area contributed by atoms with Gasteiger partial charge in [0.15, 0.2) is 0 Å². The van der Waals surface area contributed by atoms with Crippen molar-refractivity contribution in [2.75, 3.05) is 0 Å². The van der Waals surface area contributed by atoms with E-state index < -0.39 is 0 Å². The van der Waals surface area contributed by atoms with E-state index in [1.54, 1.807) is 18.3 Å². The summed E-state index contributed by atoms with van der Waals surface area (Å²) in [6, 6.07) is 0. The molecular formula is C14H21NOS. The molecular weight excluding hydrogens is 230 g/mol. The Morgan fingerprint density at radius 3 is 2.88 bits per heavy atom. The summed E-state index contributed by atoms with van der Waals surface area (Å²) in [6.07, 6.45) is 9.37. The highest BCUT2D eigenvalue weighted by Gasteiger charge is 2.17. The molecule has 0 atom stereocenters. The number of ketones is 1. The third kappa shape index (κ3) is 3.91. The van der Waals surface area contributed by atoms with Crippen molar-refractivity contribution in [3.05, 3.63) is 16.1 Å². The van der Waals surface area contributed by atoms with E-state index in [1.165, 1.54) is 42.8 Å². The minimum Gasteiger partial charge on any atom is -0.300 e. The summed E-state index contributed by atoms with van der Waals surface area (Å²) < 4.78 is 0. The van der Waals surface area contributed by atoms with Crippen molar-refractivity contribution in [3.8, 4) is 0 Å². The summed E-state index contributed by atoms with van der Waals surface area (Å²) in [5.41, 5.74) is 1.31. The van der Waals surface area contributed by atoms with Gasteiger partial charge in [0.1, 0.15) is 5.78 Å². The fourth-order valence-electron chi connectivity index (χ4n) is 2.51. The summed E-state index contributed by atoms with van der Waals surface area (Å²) in [6.45, 7) is 1.66. The van der Waals surface area contributed by atoms with Crippen LogP contribution in [-0.4, -0.2) is 10.8 Å². The summed E-state index contributed by atoms with van der Waals surface area (Å²) in [4.78, 5) is 15.6. The minimum absolute atomic E-state index is 0.286. The molecule has 0 saturated heterocycles. The molecule has 1 aliphatic carbocycles. The highest BCUT2D eigenvalue weighted by Crippen LogP contribution is 2.33. The van der Waals surface area contributed by atoms with Crippen molar-refractivity contribution in [2.24, 2.45) is 0 Å².